The molecular weight excluding hydrogens is 282 g/mol. The van der Waals surface area contributed by atoms with Gasteiger partial charge < -0.3 is 9.84 Å². The number of hydrogen-bond acceptors (Lipinski definition) is 3. The Morgan fingerprint density at radius 3 is 2.82 bits per heavy atom. The van der Waals surface area contributed by atoms with E-state index in [1.807, 2.05) is 25.1 Å². The SMILES string of the molecule is Cc1ccc(Oc2cnccc2CO)c(Br)c1. The molecule has 1 aromatic carbocycles. The monoisotopic (exact) mass is 293 g/mol. The minimum Gasteiger partial charge on any atom is -0.454 e. The zero-order chi connectivity index (χ0) is 12.3. The van der Waals surface area contributed by atoms with Crippen LogP contribution in [0.4, 0.5) is 0 Å². The van der Waals surface area contributed by atoms with Crippen LogP contribution in [0.25, 0.3) is 0 Å². The molecule has 88 valence electrons. The van der Waals surface area contributed by atoms with E-state index in [2.05, 4.69) is 20.9 Å². The Morgan fingerprint density at radius 2 is 2.12 bits per heavy atom. The van der Waals surface area contributed by atoms with Gasteiger partial charge in [0.2, 0.25) is 0 Å². The number of hydrogen-bond donors (Lipinski definition) is 1. The molecule has 0 radical (unpaired) electrons. The second kappa shape index (κ2) is 5.29. The molecule has 0 spiro atoms. The number of benzene rings is 1. The molecule has 0 bridgehead atoms. The molecule has 4 heteroatoms. The number of aliphatic hydroxyl groups excluding tert-OH is 1. The van der Waals surface area contributed by atoms with Crippen molar-refractivity contribution in [2.24, 2.45) is 0 Å². The Morgan fingerprint density at radius 1 is 1.29 bits per heavy atom. The molecule has 0 saturated carbocycles. The minimum absolute atomic E-state index is 0.0681. The molecule has 0 atom stereocenters. The summed E-state index contributed by atoms with van der Waals surface area (Å²) in [5, 5.41) is 9.19. The van der Waals surface area contributed by atoms with E-state index in [0.717, 1.165) is 10.0 Å². The van der Waals surface area contributed by atoms with Crippen molar-refractivity contribution in [2.75, 3.05) is 0 Å². The maximum atomic E-state index is 9.19. The number of aliphatic hydroxyl groups is 1. The van der Waals surface area contributed by atoms with Crippen LogP contribution in [0.3, 0.4) is 0 Å². The first-order valence-electron chi connectivity index (χ1n) is 5.18. The van der Waals surface area contributed by atoms with Crippen molar-refractivity contribution in [3.63, 3.8) is 0 Å². The number of aryl methyl sites for hydroxylation is 1. The molecule has 1 N–H and O–H groups in total. The Hall–Kier alpha value is -1.39. The van der Waals surface area contributed by atoms with Gasteiger partial charge in [-0.1, -0.05) is 6.07 Å². The largest absolute Gasteiger partial charge is 0.454 e. The van der Waals surface area contributed by atoms with Crippen molar-refractivity contribution in [1.82, 2.24) is 4.98 Å². The predicted molar refractivity (Wildman–Crippen MR) is 69.1 cm³/mol. The van der Waals surface area contributed by atoms with Gasteiger partial charge in [-0.05, 0) is 46.6 Å². The number of aromatic nitrogens is 1. The molecule has 2 aromatic rings. The number of halogens is 1. The summed E-state index contributed by atoms with van der Waals surface area (Å²) in [6.07, 6.45) is 3.22. The average Bonchev–Trinajstić information content (AvgIpc) is 2.33. The molecule has 0 saturated heterocycles. The average molecular weight is 294 g/mol. The lowest BCUT2D eigenvalue weighted by Gasteiger charge is -2.10. The van der Waals surface area contributed by atoms with E-state index in [0.29, 0.717) is 17.1 Å². The molecule has 1 heterocycles. The van der Waals surface area contributed by atoms with Crippen LogP contribution < -0.4 is 4.74 Å². The minimum atomic E-state index is -0.0681. The first-order valence-corrected chi connectivity index (χ1v) is 5.98. The van der Waals surface area contributed by atoms with E-state index in [4.69, 9.17) is 4.74 Å². The van der Waals surface area contributed by atoms with Gasteiger partial charge in [0.1, 0.15) is 5.75 Å². The second-order valence-electron chi connectivity index (χ2n) is 3.68. The molecule has 17 heavy (non-hydrogen) atoms. The third kappa shape index (κ3) is 2.84. The standard InChI is InChI=1S/C13H12BrNO2/c1-9-2-3-12(11(14)6-9)17-13-7-15-5-4-10(13)8-16/h2-7,16H,8H2,1H3. The van der Waals surface area contributed by atoms with Gasteiger partial charge in [-0.2, -0.15) is 0 Å². The summed E-state index contributed by atoms with van der Waals surface area (Å²) in [5.41, 5.74) is 1.87. The van der Waals surface area contributed by atoms with E-state index in [-0.39, 0.29) is 6.61 Å². The maximum absolute atomic E-state index is 9.19. The molecular formula is C13H12BrNO2. The third-order valence-electron chi connectivity index (χ3n) is 2.35. The summed E-state index contributed by atoms with van der Waals surface area (Å²) in [6.45, 7) is 1.94. The summed E-state index contributed by atoms with van der Waals surface area (Å²) in [4.78, 5) is 3.99. The molecule has 0 fully saturated rings. The Kier molecular flexibility index (Phi) is 3.76. The van der Waals surface area contributed by atoms with E-state index in [1.165, 1.54) is 0 Å². The van der Waals surface area contributed by atoms with Crippen molar-refractivity contribution >= 4 is 15.9 Å². The van der Waals surface area contributed by atoms with Crippen LogP contribution in [0.5, 0.6) is 11.5 Å². The molecule has 0 aliphatic carbocycles. The van der Waals surface area contributed by atoms with Gasteiger partial charge in [-0.15, -0.1) is 0 Å². The highest BCUT2D eigenvalue weighted by molar-refractivity contribution is 9.10. The summed E-state index contributed by atoms with van der Waals surface area (Å²) in [6, 6.07) is 7.56. The lowest BCUT2D eigenvalue weighted by molar-refractivity contribution is 0.276. The van der Waals surface area contributed by atoms with Crippen LogP contribution >= 0.6 is 15.9 Å². The summed E-state index contributed by atoms with van der Waals surface area (Å²) in [5.74, 6) is 1.28. The van der Waals surface area contributed by atoms with Crippen LogP contribution in [0.1, 0.15) is 11.1 Å². The Balaban J connectivity index is 2.31. The fourth-order valence-corrected chi connectivity index (χ4v) is 2.01. The highest BCUT2D eigenvalue weighted by Gasteiger charge is 2.06. The predicted octanol–water partition coefficient (Wildman–Crippen LogP) is 3.44. The van der Waals surface area contributed by atoms with Crippen molar-refractivity contribution in [3.05, 3.63) is 52.3 Å². The number of nitrogens with zero attached hydrogens (tertiary/aromatic N) is 1. The molecule has 0 aliphatic rings. The van der Waals surface area contributed by atoms with Crippen molar-refractivity contribution in [3.8, 4) is 11.5 Å². The summed E-state index contributed by atoms with van der Waals surface area (Å²) in [7, 11) is 0. The fraction of sp³-hybridized carbons (Fsp3) is 0.154. The molecule has 0 aliphatic heterocycles. The van der Waals surface area contributed by atoms with Gasteiger partial charge in [0, 0.05) is 11.8 Å². The summed E-state index contributed by atoms with van der Waals surface area (Å²) >= 11 is 3.44. The molecule has 1 aromatic heterocycles. The fourth-order valence-electron chi connectivity index (χ4n) is 1.44. The van der Waals surface area contributed by atoms with Crippen LogP contribution in [0.15, 0.2) is 41.1 Å². The quantitative estimate of drug-likeness (QED) is 0.943. The van der Waals surface area contributed by atoms with Crippen LogP contribution in [0, 0.1) is 6.92 Å². The number of rotatable bonds is 3. The maximum Gasteiger partial charge on any atom is 0.151 e. The highest BCUT2D eigenvalue weighted by Crippen LogP contribution is 2.31. The molecule has 0 unspecified atom stereocenters. The van der Waals surface area contributed by atoms with Gasteiger partial charge in [0.15, 0.2) is 5.75 Å². The van der Waals surface area contributed by atoms with E-state index < -0.39 is 0 Å². The first kappa shape index (κ1) is 12.1. The van der Waals surface area contributed by atoms with Crippen LogP contribution in [-0.2, 0) is 6.61 Å². The van der Waals surface area contributed by atoms with Crippen LogP contribution in [0.2, 0.25) is 0 Å². The zero-order valence-corrected chi connectivity index (χ0v) is 10.9. The Bertz CT molecular complexity index is 529. The van der Waals surface area contributed by atoms with Crippen LogP contribution in [-0.4, -0.2) is 10.1 Å². The normalized spacial score (nSPS) is 10.3. The van der Waals surface area contributed by atoms with E-state index in [1.54, 1.807) is 18.5 Å². The van der Waals surface area contributed by atoms with Gasteiger partial charge in [0.05, 0.1) is 17.3 Å². The lowest BCUT2D eigenvalue weighted by Crippen LogP contribution is -1.93. The molecule has 3 nitrogen and oxygen atoms in total. The third-order valence-corrected chi connectivity index (χ3v) is 2.97. The van der Waals surface area contributed by atoms with E-state index in [9.17, 15) is 5.11 Å². The van der Waals surface area contributed by atoms with Gasteiger partial charge in [0.25, 0.3) is 0 Å². The topological polar surface area (TPSA) is 42.4 Å². The molecule has 2 rings (SSSR count). The number of pyridine rings is 1. The Labute approximate surface area is 108 Å². The number of ether oxygens (including phenoxy) is 1. The van der Waals surface area contributed by atoms with Crippen molar-refractivity contribution in [1.29, 1.82) is 0 Å². The van der Waals surface area contributed by atoms with Gasteiger partial charge in [-0.25, -0.2) is 0 Å². The van der Waals surface area contributed by atoms with E-state index >= 15 is 0 Å². The van der Waals surface area contributed by atoms with Crippen molar-refractivity contribution < 1.29 is 9.84 Å². The molecule has 0 amide bonds. The van der Waals surface area contributed by atoms with Crippen molar-refractivity contribution in [2.45, 2.75) is 13.5 Å². The first-order chi connectivity index (χ1) is 8.20. The van der Waals surface area contributed by atoms with Gasteiger partial charge >= 0.3 is 0 Å². The van der Waals surface area contributed by atoms with Gasteiger partial charge in [-0.3, -0.25) is 4.98 Å². The second-order valence-corrected chi connectivity index (χ2v) is 4.53. The smallest absolute Gasteiger partial charge is 0.151 e. The lowest BCUT2D eigenvalue weighted by atomic mass is 10.2. The zero-order valence-electron chi connectivity index (χ0n) is 9.35. The highest BCUT2D eigenvalue weighted by atomic mass is 79.9. The summed E-state index contributed by atoms with van der Waals surface area (Å²) < 4.78 is 6.60.